The molecule has 0 radical (unpaired) electrons. The van der Waals surface area contributed by atoms with E-state index in [1.165, 1.54) is 0 Å². The van der Waals surface area contributed by atoms with Gasteiger partial charge in [-0.05, 0) is 37.6 Å². The third kappa shape index (κ3) is 3.57. The number of hydrogen-bond donors (Lipinski definition) is 2. The van der Waals surface area contributed by atoms with Crippen LogP contribution in [0.3, 0.4) is 0 Å². The average Bonchev–Trinajstić information content (AvgIpc) is 2.29. The van der Waals surface area contributed by atoms with Crippen molar-refractivity contribution in [2.24, 2.45) is 0 Å². The van der Waals surface area contributed by atoms with Crippen molar-refractivity contribution in [1.29, 1.82) is 0 Å². The number of benzene rings is 1. The van der Waals surface area contributed by atoms with Crippen LogP contribution < -0.4 is 10.6 Å². The molecule has 0 saturated carbocycles. The molecule has 0 aliphatic rings. The summed E-state index contributed by atoms with van der Waals surface area (Å²) in [6.45, 7) is 4.15. The van der Waals surface area contributed by atoms with Crippen LogP contribution in [0, 0.1) is 0 Å². The molecule has 1 aromatic rings. The maximum Gasteiger partial charge on any atom is 0.251 e. The number of anilines is 1. The zero-order valence-electron chi connectivity index (χ0n) is 10.2. The van der Waals surface area contributed by atoms with Crippen molar-refractivity contribution in [2.75, 3.05) is 12.4 Å². The molecule has 3 heteroatoms. The molecule has 0 spiro atoms. The van der Waals surface area contributed by atoms with Gasteiger partial charge in [-0.25, -0.2) is 0 Å². The number of nitrogens with one attached hydrogen (secondary N) is 2. The first kappa shape index (κ1) is 12.6. The van der Waals surface area contributed by atoms with Crippen LogP contribution in [0.15, 0.2) is 24.3 Å². The van der Waals surface area contributed by atoms with Crippen molar-refractivity contribution in [1.82, 2.24) is 5.32 Å². The van der Waals surface area contributed by atoms with Gasteiger partial charge >= 0.3 is 0 Å². The van der Waals surface area contributed by atoms with Crippen LogP contribution in [0.25, 0.3) is 0 Å². The standard InChI is InChI=1S/C13H20N2O/c1-4-5-10(2)15-13(16)11-6-8-12(14-3)9-7-11/h6-10,14H,4-5H2,1-3H3,(H,15,16). The zero-order chi connectivity index (χ0) is 12.0. The van der Waals surface area contributed by atoms with Gasteiger partial charge in [0.1, 0.15) is 0 Å². The Morgan fingerprint density at radius 2 is 1.94 bits per heavy atom. The van der Waals surface area contributed by atoms with Crippen LogP contribution in [0.1, 0.15) is 37.0 Å². The molecule has 0 saturated heterocycles. The highest BCUT2D eigenvalue weighted by molar-refractivity contribution is 5.94. The van der Waals surface area contributed by atoms with E-state index < -0.39 is 0 Å². The molecule has 1 aromatic carbocycles. The Morgan fingerprint density at radius 1 is 1.31 bits per heavy atom. The quantitative estimate of drug-likeness (QED) is 0.801. The SMILES string of the molecule is CCCC(C)NC(=O)c1ccc(NC)cc1. The van der Waals surface area contributed by atoms with Gasteiger partial charge in [-0.15, -0.1) is 0 Å². The summed E-state index contributed by atoms with van der Waals surface area (Å²) in [7, 11) is 1.86. The molecule has 16 heavy (non-hydrogen) atoms. The van der Waals surface area contributed by atoms with E-state index in [2.05, 4.69) is 17.6 Å². The summed E-state index contributed by atoms with van der Waals surface area (Å²) in [6, 6.07) is 7.71. The van der Waals surface area contributed by atoms with Crippen molar-refractivity contribution in [2.45, 2.75) is 32.7 Å². The van der Waals surface area contributed by atoms with Crippen molar-refractivity contribution >= 4 is 11.6 Å². The van der Waals surface area contributed by atoms with Crippen LogP contribution >= 0.6 is 0 Å². The van der Waals surface area contributed by atoms with Gasteiger partial charge in [0.25, 0.3) is 5.91 Å². The fourth-order valence-electron chi connectivity index (χ4n) is 1.60. The van der Waals surface area contributed by atoms with Crippen LogP contribution in [0.5, 0.6) is 0 Å². The van der Waals surface area contributed by atoms with Crippen molar-refractivity contribution in [3.8, 4) is 0 Å². The maximum absolute atomic E-state index is 11.8. The molecule has 0 heterocycles. The van der Waals surface area contributed by atoms with Gasteiger partial charge in [0, 0.05) is 24.3 Å². The second-order valence-corrected chi connectivity index (χ2v) is 3.99. The minimum Gasteiger partial charge on any atom is -0.388 e. The second kappa shape index (κ2) is 6.16. The zero-order valence-corrected chi connectivity index (χ0v) is 10.2. The summed E-state index contributed by atoms with van der Waals surface area (Å²) in [4.78, 5) is 11.8. The van der Waals surface area contributed by atoms with Crippen LogP contribution in [-0.4, -0.2) is 19.0 Å². The fourth-order valence-corrected chi connectivity index (χ4v) is 1.60. The van der Waals surface area contributed by atoms with E-state index in [0.29, 0.717) is 5.56 Å². The predicted molar refractivity (Wildman–Crippen MR) is 67.8 cm³/mol. The fraction of sp³-hybridized carbons (Fsp3) is 0.462. The summed E-state index contributed by atoms with van der Waals surface area (Å²) in [5, 5.41) is 6.00. The Balaban J connectivity index is 2.59. The number of carbonyl (C=O) groups is 1. The number of hydrogen-bond acceptors (Lipinski definition) is 2. The van der Waals surface area contributed by atoms with Crippen molar-refractivity contribution in [3.05, 3.63) is 29.8 Å². The lowest BCUT2D eigenvalue weighted by atomic mass is 10.1. The van der Waals surface area contributed by atoms with E-state index in [1.807, 2.05) is 38.2 Å². The van der Waals surface area contributed by atoms with Crippen LogP contribution in [-0.2, 0) is 0 Å². The Labute approximate surface area is 97.2 Å². The first-order valence-corrected chi connectivity index (χ1v) is 5.76. The van der Waals surface area contributed by atoms with Gasteiger partial charge in [0.05, 0.1) is 0 Å². The first-order valence-electron chi connectivity index (χ1n) is 5.76. The molecule has 0 bridgehead atoms. The maximum atomic E-state index is 11.8. The molecule has 0 aromatic heterocycles. The molecule has 1 amide bonds. The molecule has 1 atom stereocenters. The van der Waals surface area contributed by atoms with E-state index in [1.54, 1.807) is 0 Å². The van der Waals surface area contributed by atoms with Gasteiger partial charge < -0.3 is 10.6 Å². The lowest BCUT2D eigenvalue weighted by Crippen LogP contribution is -2.32. The number of rotatable bonds is 5. The molecule has 1 unspecified atom stereocenters. The summed E-state index contributed by atoms with van der Waals surface area (Å²) in [5.74, 6) is 0.00334. The number of amides is 1. The Morgan fingerprint density at radius 3 is 2.44 bits per heavy atom. The highest BCUT2D eigenvalue weighted by Gasteiger charge is 2.08. The molecule has 0 fully saturated rings. The number of carbonyl (C=O) groups excluding carboxylic acids is 1. The van der Waals surface area contributed by atoms with Crippen molar-refractivity contribution in [3.63, 3.8) is 0 Å². The molecule has 3 nitrogen and oxygen atoms in total. The topological polar surface area (TPSA) is 41.1 Å². The predicted octanol–water partition coefficient (Wildman–Crippen LogP) is 2.65. The van der Waals surface area contributed by atoms with Crippen LogP contribution in [0.4, 0.5) is 5.69 Å². The Kier molecular flexibility index (Phi) is 4.83. The van der Waals surface area contributed by atoms with Gasteiger partial charge in [0.2, 0.25) is 0 Å². The molecule has 2 N–H and O–H groups in total. The molecule has 1 rings (SSSR count). The molecule has 0 aliphatic carbocycles. The summed E-state index contributed by atoms with van der Waals surface area (Å²) >= 11 is 0. The van der Waals surface area contributed by atoms with Gasteiger partial charge in [-0.2, -0.15) is 0 Å². The van der Waals surface area contributed by atoms with Crippen molar-refractivity contribution < 1.29 is 4.79 Å². The van der Waals surface area contributed by atoms with Crippen LogP contribution in [0.2, 0.25) is 0 Å². The Hall–Kier alpha value is -1.51. The Bertz CT molecular complexity index is 332. The minimum absolute atomic E-state index is 0.00334. The van der Waals surface area contributed by atoms with Gasteiger partial charge in [-0.1, -0.05) is 13.3 Å². The lowest BCUT2D eigenvalue weighted by Gasteiger charge is -2.12. The average molecular weight is 220 g/mol. The largest absolute Gasteiger partial charge is 0.388 e. The summed E-state index contributed by atoms with van der Waals surface area (Å²) in [6.07, 6.45) is 2.10. The minimum atomic E-state index is 0.00334. The van der Waals surface area contributed by atoms with E-state index in [4.69, 9.17) is 0 Å². The second-order valence-electron chi connectivity index (χ2n) is 3.99. The highest BCUT2D eigenvalue weighted by atomic mass is 16.1. The van der Waals surface area contributed by atoms with E-state index in [0.717, 1.165) is 18.5 Å². The van der Waals surface area contributed by atoms with E-state index in [-0.39, 0.29) is 11.9 Å². The molecule has 0 aliphatic heterocycles. The van der Waals surface area contributed by atoms with Gasteiger partial charge in [0.15, 0.2) is 0 Å². The summed E-state index contributed by atoms with van der Waals surface area (Å²) < 4.78 is 0. The summed E-state index contributed by atoms with van der Waals surface area (Å²) in [5.41, 5.74) is 1.72. The van der Waals surface area contributed by atoms with Gasteiger partial charge in [-0.3, -0.25) is 4.79 Å². The monoisotopic (exact) mass is 220 g/mol. The third-order valence-corrected chi connectivity index (χ3v) is 2.53. The van der Waals surface area contributed by atoms with E-state index in [9.17, 15) is 4.79 Å². The molecular weight excluding hydrogens is 200 g/mol. The van der Waals surface area contributed by atoms with E-state index >= 15 is 0 Å². The smallest absolute Gasteiger partial charge is 0.251 e. The molecular formula is C13H20N2O. The lowest BCUT2D eigenvalue weighted by molar-refractivity contribution is 0.0938. The molecule has 88 valence electrons. The highest BCUT2D eigenvalue weighted by Crippen LogP contribution is 2.08. The first-order chi connectivity index (χ1) is 7.67. The third-order valence-electron chi connectivity index (χ3n) is 2.53. The normalized spacial score (nSPS) is 11.9.